The molecule has 21 heavy (non-hydrogen) atoms. The molecule has 0 unspecified atom stereocenters. The maximum Gasteiger partial charge on any atom is 0.0477 e. The quantitative estimate of drug-likeness (QED) is 0.841. The molecule has 0 saturated carbocycles. The number of benzene rings is 1. The second-order valence-corrected chi connectivity index (χ2v) is 6.69. The van der Waals surface area contributed by atoms with Crippen LogP contribution in [-0.2, 0) is 18.5 Å². The molecule has 1 aromatic carbocycles. The van der Waals surface area contributed by atoms with Gasteiger partial charge in [0.25, 0.3) is 0 Å². The Bertz CT molecular complexity index is 648. The van der Waals surface area contributed by atoms with Crippen LogP contribution < -0.4 is 0 Å². The Morgan fingerprint density at radius 3 is 2.76 bits per heavy atom. The summed E-state index contributed by atoms with van der Waals surface area (Å²) in [6.45, 7) is 7.90. The van der Waals surface area contributed by atoms with Gasteiger partial charge in [-0.15, -0.1) is 0 Å². The number of likely N-dealkylation sites (N-methyl/N-ethyl adjacent to an activating group) is 1. The van der Waals surface area contributed by atoms with Gasteiger partial charge in [0.1, 0.15) is 0 Å². The van der Waals surface area contributed by atoms with Crippen LogP contribution in [0.5, 0.6) is 0 Å². The summed E-state index contributed by atoms with van der Waals surface area (Å²) in [5.74, 6) is 0.536. The SMILES string of the molecule is CC(C)c1ccncc1C[C@]1(C)c2ccccc2CN1C. The highest BCUT2D eigenvalue weighted by Gasteiger charge is 2.39. The average Bonchev–Trinajstić information content (AvgIpc) is 2.71. The number of hydrogen-bond acceptors (Lipinski definition) is 2. The lowest BCUT2D eigenvalue weighted by atomic mass is 9.83. The van der Waals surface area contributed by atoms with Crippen molar-refractivity contribution in [3.63, 3.8) is 0 Å². The molecule has 2 nitrogen and oxygen atoms in total. The van der Waals surface area contributed by atoms with Gasteiger partial charge in [-0.3, -0.25) is 9.88 Å². The predicted octanol–water partition coefficient (Wildman–Crippen LogP) is 4.11. The molecule has 3 rings (SSSR count). The van der Waals surface area contributed by atoms with E-state index in [0.717, 1.165) is 13.0 Å². The first-order chi connectivity index (χ1) is 10.0. The van der Waals surface area contributed by atoms with Gasteiger partial charge in [0.2, 0.25) is 0 Å². The molecule has 0 aliphatic carbocycles. The molecule has 110 valence electrons. The van der Waals surface area contributed by atoms with Crippen LogP contribution in [0.1, 0.15) is 48.9 Å². The van der Waals surface area contributed by atoms with Crippen molar-refractivity contribution in [3.8, 4) is 0 Å². The molecular weight excluding hydrogens is 256 g/mol. The Hall–Kier alpha value is -1.67. The zero-order chi connectivity index (χ0) is 15.0. The lowest BCUT2D eigenvalue weighted by Crippen LogP contribution is -2.37. The summed E-state index contributed by atoms with van der Waals surface area (Å²) >= 11 is 0. The molecule has 1 atom stereocenters. The van der Waals surface area contributed by atoms with Crippen molar-refractivity contribution in [2.24, 2.45) is 0 Å². The van der Waals surface area contributed by atoms with E-state index < -0.39 is 0 Å². The van der Waals surface area contributed by atoms with E-state index in [1.54, 1.807) is 0 Å². The third kappa shape index (κ3) is 2.38. The molecule has 1 aliphatic rings. The maximum absolute atomic E-state index is 4.36. The van der Waals surface area contributed by atoms with Gasteiger partial charge in [0, 0.05) is 24.5 Å². The number of aromatic nitrogens is 1. The van der Waals surface area contributed by atoms with Gasteiger partial charge in [-0.1, -0.05) is 38.1 Å². The topological polar surface area (TPSA) is 16.1 Å². The van der Waals surface area contributed by atoms with Crippen LogP contribution in [0.3, 0.4) is 0 Å². The van der Waals surface area contributed by atoms with Crippen LogP contribution in [0, 0.1) is 0 Å². The first-order valence-electron chi connectivity index (χ1n) is 7.75. The summed E-state index contributed by atoms with van der Waals surface area (Å²) in [6, 6.07) is 11.0. The fourth-order valence-electron chi connectivity index (χ4n) is 3.57. The molecule has 0 amide bonds. The highest BCUT2D eigenvalue weighted by Crippen LogP contribution is 2.41. The molecule has 0 spiro atoms. The summed E-state index contributed by atoms with van der Waals surface area (Å²) in [6.07, 6.45) is 4.98. The number of nitrogens with zero attached hydrogens (tertiary/aromatic N) is 2. The fourth-order valence-corrected chi connectivity index (χ4v) is 3.57. The fraction of sp³-hybridized carbons (Fsp3) is 0.421. The number of pyridine rings is 1. The zero-order valence-corrected chi connectivity index (χ0v) is 13.4. The van der Waals surface area contributed by atoms with E-state index in [9.17, 15) is 0 Å². The van der Waals surface area contributed by atoms with Gasteiger partial charge in [-0.2, -0.15) is 0 Å². The molecular formula is C19H24N2. The summed E-state index contributed by atoms with van der Waals surface area (Å²) in [5.41, 5.74) is 5.77. The van der Waals surface area contributed by atoms with Gasteiger partial charge in [-0.25, -0.2) is 0 Å². The van der Waals surface area contributed by atoms with E-state index in [1.165, 1.54) is 22.3 Å². The maximum atomic E-state index is 4.36. The van der Waals surface area contributed by atoms with Crippen molar-refractivity contribution in [2.75, 3.05) is 7.05 Å². The zero-order valence-electron chi connectivity index (χ0n) is 13.4. The normalized spacial score (nSPS) is 21.8. The van der Waals surface area contributed by atoms with Crippen molar-refractivity contribution in [3.05, 3.63) is 65.0 Å². The van der Waals surface area contributed by atoms with Crippen LogP contribution in [0.4, 0.5) is 0 Å². The van der Waals surface area contributed by atoms with Gasteiger partial charge < -0.3 is 0 Å². The molecule has 0 bridgehead atoms. The molecule has 0 radical (unpaired) electrons. The van der Waals surface area contributed by atoms with E-state index in [4.69, 9.17) is 0 Å². The van der Waals surface area contributed by atoms with Crippen molar-refractivity contribution < 1.29 is 0 Å². The number of rotatable bonds is 3. The first kappa shape index (κ1) is 14.3. The van der Waals surface area contributed by atoms with Crippen LogP contribution in [0.15, 0.2) is 42.7 Å². The summed E-state index contributed by atoms with van der Waals surface area (Å²) in [7, 11) is 2.23. The van der Waals surface area contributed by atoms with Crippen LogP contribution in [-0.4, -0.2) is 16.9 Å². The minimum atomic E-state index is 0.0588. The smallest absolute Gasteiger partial charge is 0.0477 e. The van der Waals surface area contributed by atoms with Crippen molar-refractivity contribution in [1.82, 2.24) is 9.88 Å². The first-order valence-corrected chi connectivity index (χ1v) is 7.75. The summed E-state index contributed by atoms with van der Waals surface area (Å²) < 4.78 is 0. The summed E-state index contributed by atoms with van der Waals surface area (Å²) in [4.78, 5) is 6.83. The van der Waals surface area contributed by atoms with Crippen molar-refractivity contribution >= 4 is 0 Å². The Kier molecular flexibility index (Phi) is 3.58. The Labute approximate surface area is 127 Å². The highest BCUT2D eigenvalue weighted by molar-refractivity contribution is 5.40. The van der Waals surface area contributed by atoms with E-state index in [-0.39, 0.29) is 5.54 Å². The molecule has 0 saturated heterocycles. The minimum Gasteiger partial charge on any atom is -0.292 e. The highest BCUT2D eigenvalue weighted by atomic mass is 15.2. The second-order valence-electron chi connectivity index (χ2n) is 6.69. The van der Waals surface area contributed by atoms with Crippen LogP contribution in [0.2, 0.25) is 0 Å². The average molecular weight is 280 g/mol. The van der Waals surface area contributed by atoms with Crippen LogP contribution in [0.25, 0.3) is 0 Å². The molecule has 2 heterocycles. The van der Waals surface area contributed by atoms with Crippen molar-refractivity contribution in [1.29, 1.82) is 0 Å². The van der Waals surface area contributed by atoms with Crippen LogP contribution >= 0.6 is 0 Å². The Balaban J connectivity index is 2.02. The van der Waals surface area contributed by atoms with Gasteiger partial charge in [-0.05, 0) is 54.6 Å². The third-order valence-corrected chi connectivity index (χ3v) is 4.95. The minimum absolute atomic E-state index is 0.0588. The largest absolute Gasteiger partial charge is 0.292 e. The molecule has 1 aromatic heterocycles. The van der Waals surface area contributed by atoms with Gasteiger partial charge >= 0.3 is 0 Å². The van der Waals surface area contributed by atoms with E-state index in [0.29, 0.717) is 5.92 Å². The molecule has 0 fully saturated rings. The lowest BCUT2D eigenvalue weighted by Gasteiger charge is -2.34. The lowest BCUT2D eigenvalue weighted by molar-refractivity contribution is 0.156. The van der Waals surface area contributed by atoms with E-state index in [1.807, 2.05) is 6.20 Å². The third-order valence-electron chi connectivity index (χ3n) is 4.95. The Morgan fingerprint density at radius 1 is 1.24 bits per heavy atom. The monoisotopic (exact) mass is 280 g/mol. The molecule has 1 aliphatic heterocycles. The number of fused-ring (bicyclic) bond motifs is 1. The molecule has 2 aromatic rings. The molecule has 2 heteroatoms. The second kappa shape index (κ2) is 5.27. The van der Waals surface area contributed by atoms with Gasteiger partial charge in [0.15, 0.2) is 0 Å². The predicted molar refractivity (Wildman–Crippen MR) is 87.3 cm³/mol. The van der Waals surface area contributed by atoms with E-state index in [2.05, 4.69) is 74.2 Å². The standard InChI is InChI=1S/C19H24N2/c1-14(2)17-9-10-20-12-16(17)11-19(3)18-8-6-5-7-15(18)13-21(19)4/h5-10,12,14H,11,13H2,1-4H3/t19-/m1/s1. The van der Waals surface area contributed by atoms with Crippen molar-refractivity contribution in [2.45, 2.75) is 45.2 Å². The molecule has 0 N–H and O–H groups in total. The Morgan fingerprint density at radius 2 is 2.00 bits per heavy atom. The van der Waals surface area contributed by atoms with Gasteiger partial charge in [0.05, 0.1) is 0 Å². The summed E-state index contributed by atoms with van der Waals surface area (Å²) in [5, 5.41) is 0. The van der Waals surface area contributed by atoms with E-state index >= 15 is 0 Å². The number of hydrogen-bond donors (Lipinski definition) is 0.